The number of benzene rings is 2. The van der Waals surface area contributed by atoms with Gasteiger partial charge in [0.25, 0.3) is 0 Å². The molecule has 1 aliphatic heterocycles. The molecule has 2 aromatic carbocycles. The van der Waals surface area contributed by atoms with Crippen molar-refractivity contribution in [3.8, 4) is 5.75 Å². The van der Waals surface area contributed by atoms with Crippen molar-refractivity contribution in [2.75, 3.05) is 32.8 Å². The van der Waals surface area contributed by atoms with Gasteiger partial charge in [-0.3, -0.25) is 9.69 Å². The van der Waals surface area contributed by atoms with E-state index in [1.807, 2.05) is 4.90 Å². The van der Waals surface area contributed by atoms with Gasteiger partial charge in [0.2, 0.25) is 5.91 Å². The van der Waals surface area contributed by atoms with E-state index in [4.69, 9.17) is 4.74 Å². The molecule has 2 heterocycles. The number of aromatic nitrogens is 1. The molecule has 4 rings (SSSR count). The Kier molecular flexibility index (Phi) is 5.81. The molecule has 1 aromatic heterocycles. The van der Waals surface area contributed by atoms with Crippen LogP contribution in [0.1, 0.15) is 12.0 Å². The Labute approximate surface area is 170 Å². The van der Waals surface area contributed by atoms with E-state index in [0.717, 1.165) is 19.6 Å². The van der Waals surface area contributed by atoms with Gasteiger partial charge in [-0.1, -0.05) is 18.2 Å². The Morgan fingerprint density at radius 3 is 2.66 bits per heavy atom. The summed E-state index contributed by atoms with van der Waals surface area (Å²) in [5, 5.41) is 1.27. The van der Waals surface area contributed by atoms with Crippen molar-refractivity contribution < 1.29 is 13.9 Å². The van der Waals surface area contributed by atoms with E-state index in [0.29, 0.717) is 31.9 Å². The number of nitrogens with zero attached hydrogens (tertiary/aromatic N) is 3. The minimum Gasteiger partial charge on any atom is -0.492 e. The molecular weight excluding hydrogens is 369 g/mol. The summed E-state index contributed by atoms with van der Waals surface area (Å²) in [6.07, 6.45) is 2.70. The number of aryl methyl sites for hydroxylation is 1. The standard InChI is InChI=1S/C23H26FN3O2/c1-25-16-18(21-4-2-3-5-22(21)25)17-26-11-10-23(28)27(13-12-26)14-15-29-20-8-6-19(24)7-9-20/h2-9,16H,10-15,17H2,1H3. The molecule has 0 bridgehead atoms. The summed E-state index contributed by atoms with van der Waals surface area (Å²) in [7, 11) is 2.07. The lowest BCUT2D eigenvalue weighted by Gasteiger charge is -2.22. The number of hydrogen-bond acceptors (Lipinski definition) is 3. The van der Waals surface area contributed by atoms with Gasteiger partial charge < -0.3 is 14.2 Å². The Bertz CT molecular complexity index is 983. The zero-order valence-corrected chi connectivity index (χ0v) is 16.7. The van der Waals surface area contributed by atoms with Gasteiger partial charge in [0.15, 0.2) is 0 Å². The summed E-state index contributed by atoms with van der Waals surface area (Å²) >= 11 is 0. The van der Waals surface area contributed by atoms with Crippen LogP contribution >= 0.6 is 0 Å². The Balaban J connectivity index is 1.33. The first-order chi connectivity index (χ1) is 14.1. The van der Waals surface area contributed by atoms with Crippen molar-refractivity contribution in [2.24, 2.45) is 7.05 Å². The zero-order chi connectivity index (χ0) is 20.2. The molecule has 3 aromatic rings. The number of carbonyl (C=O) groups excluding carboxylic acids is 1. The summed E-state index contributed by atoms with van der Waals surface area (Å²) < 4.78 is 20.8. The molecule has 1 aliphatic rings. The predicted molar refractivity (Wildman–Crippen MR) is 111 cm³/mol. The number of para-hydroxylation sites is 1. The maximum absolute atomic E-state index is 13.0. The molecule has 152 valence electrons. The second kappa shape index (κ2) is 8.66. The average molecular weight is 395 g/mol. The summed E-state index contributed by atoms with van der Waals surface area (Å²) in [6, 6.07) is 14.4. The monoisotopic (exact) mass is 395 g/mol. The number of ether oxygens (including phenoxy) is 1. The lowest BCUT2D eigenvalue weighted by Crippen LogP contribution is -2.36. The van der Waals surface area contributed by atoms with Crippen LogP contribution in [0, 0.1) is 5.82 Å². The maximum Gasteiger partial charge on any atom is 0.224 e. The fourth-order valence-electron chi connectivity index (χ4n) is 3.90. The van der Waals surface area contributed by atoms with E-state index in [9.17, 15) is 9.18 Å². The van der Waals surface area contributed by atoms with Gasteiger partial charge in [-0.05, 0) is 35.9 Å². The van der Waals surface area contributed by atoms with E-state index >= 15 is 0 Å². The number of rotatable bonds is 6. The maximum atomic E-state index is 13.0. The second-order valence-corrected chi connectivity index (χ2v) is 7.49. The molecule has 5 nitrogen and oxygen atoms in total. The van der Waals surface area contributed by atoms with Crippen LogP contribution in [0.15, 0.2) is 54.7 Å². The van der Waals surface area contributed by atoms with Crippen LogP contribution in [-0.2, 0) is 18.4 Å². The fraction of sp³-hybridized carbons (Fsp3) is 0.348. The van der Waals surface area contributed by atoms with Gasteiger partial charge in [0.1, 0.15) is 18.2 Å². The van der Waals surface area contributed by atoms with Crippen molar-refractivity contribution in [1.82, 2.24) is 14.4 Å². The summed E-state index contributed by atoms with van der Waals surface area (Å²) in [5.41, 5.74) is 2.52. The Morgan fingerprint density at radius 2 is 1.83 bits per heavy atom. The van der Waals surface area contributed by atoms with E-state index in [-0.39, 0.29) is 11.7 Å². The van der Waals surface area contributed by atoms with E-state index in [2.05, 4.69) is 47.0 Å². The van der Waals surface area contributed by atoms with Gasteiger partial charge in [0.05, 0.1) is 6.54 Å². The van der Waals surface area contributed by atoms with Crippen LogP contribution in [0.4, 0.5) is 4.39 Å². The van der Waals surface area contributed by atoms with Crippen LogP contribution in [0.25, 0.3) is 10.9 Å². The molecule has 1 saturated heterocycles. The van der Waals surface area contributed by atoms with Crippen LogP contribution in [0.5, 0.6) is 5.75 Å². The number of halogens is 1. The molecule has 0 radical (unpaired) electrons. The third kappa shape index (κ3) is 4.59. The smallest absolute Gasteiger partial charge is 0.224 e. The van der Waals surface area contributed by atoms with E-state index in [1.54, 1.807) is 12.1 Å². The molecule has 0 saturated carbocycles. The fourth-order valence-corrected chi connectivity index (χ4v) is 3.90. The molecule has 0 unspecified atom stereocenters. The van der Waals surface area contributed by atoms with Gasteiger partial charge >= 0.3 is 0 Å². The van der Waals surface area contributed by atoms with Crippen LogP contribution in [0.2, 0.25) is 0 Å². The minimum atomic E-state index is -0.286. The highest BCUT2D eigenvalue weighted by molar-refractivity contribution is 5.83. The largest absolute Gasteiger partial charge is 0.492 e. The lowest BCUT2D eigenvalue weighted by atomic mass is 10.1. The van der Waals surface area contributed by atoms with E-state index < -0.39 is 0 Å². The normalized spacial score (nSPS) is 15.7. The average Bonchev–Trinajstić information content (AvgIpc) is 2.94. The molecular formula is C23H26FN3O2. The first kappa shape index (κ1) is 19.5. The van der Waals surface area contributed by atoms with Crippen LogP contribution in [-0.4, -0.2) is 53.1 Å². The zero-order valence-electron chi connectivity index (χ0n) is 16.7. The van der Waals surface area contributed by atoms with Crippen LogP contribution in [0.3, 0.4) is 0 Å². The highest BCUT2D eigenvalue weighted by Crippen LogP contribution is 2.22. The number of hydrogen-bond donors (Lipinski definition) is 0. The van der Waals surface area contributed by atoms with Crippen molar-refractivity contribution in [3.63, 3.8) is 0 Å². The predicted octanol–water partition coefficient (Wildman–Crippen LogP) is 3.43. The molecule has 6 heteroatoms. The number of carbonyl (C=O) groups is 1. The summed E-state index contributed by atoms with van der Waals surface area (Å²) in [4.78, 5) is 16.7. The number of amides is 1. The minimum absolute atomic E-state index is 0.160. The van der Waals surface area contributed by atoms with Gasteiger partial charge in [-0.25, -0.2) is 4.39 Å². The first-order valence-corrected chi connectivity index (χ1v) is 10.0. The van der Waals surface area contributed by atoms with Crippen molar-refractivity contribution in [3.05, 3.63) is 66.1 Å². The van der Waals surface area contributed by atoms with Crippen molar-refractivity contribution in [2.45, 2.75) is 13.0 Å². The summed E-state index contributed by atoms with van der Waals surface area (Å²) in [6.45, 7) is 4.08. The molecule has 29 heavy (non-hydrogen) atoms. The van der Waals surface area contributed by atoms with Gasteiger partial charge in [-0.2, -0.15) is 0 Å². The second-order valence-electron chi connectivity index (χ2n) is 7.49. The molecule has 0 spiro atoms. The number of fused-ring (bicyclic) bond motifs is 1. The molecule has 0 atom stereocenters. The van der Waals surface area contributed by atoms with E-state index in [1.165, 1.54) is 28.6 Å². The molecule has 1 amide bonds. The molecule has 0 aliphatic carbocycles. The Hall–Kier alpha value is -2.86. The first-order valence-electron chi connectivity index (χ1n) is 10.0. The third-order valence-electron chi connectivity index (χ3n) is 5.50. The summed E-state index contributed by atoms with van der Waals surface area (Å²) in [5.74, 6) is 0.491. The highest BCUT2D eigenvalue weighted by Gasteiger charge is 2.21. The quantitative estimate of drug-likeness (QED) is 0.642. The third-order valence-corrected chi connectivity index (χ3v) is 5.50. The van der Waals surface area contributed by atoms with Gasteiger partial charge in [-0.15, -0.1) is 0 Å². The van der Waals surface area contributed by atoms with Crippen LogP contribution < -0.4 is 4.74 Å². The topological polar surface area (TPSA) is 37.7 Å². The molecule has 0 N–H and O–H groups in total. The highest BCUT2D eigenvalue weighted by atomic mass is 19.1. The van der Waals surface area contributed by atoms with Crippen molar-refractivity contribution >= 4 is 16.8 Å². The van der Waals surface area contributed by atoms with Crippen molar-refractivity contribution in [1.29, 1.82) is 0 Å². The Morgan fingerprint density at radius 1 is 1.03 bits per heavy atom. The van der Waals surface area contributed by atoms with Gasteiger partial charge in [0, 0.05) is 56.7 Å². The molecule has 1 fully saturated rings. The lowest BCUT2D eigenvalue weighted by molar-refractivity contribution is -0.130. The SMILES string of the molecule is Cn1cc(CN2CCC(=O)N(CCOc3ccc(F)cc3)CC2)c2ccccc21.